The molecular weight excluding hydrogens is 412 g/mol. The minimum absolute atomic E-state index is 0.0920. The van der Waals surface area contributed by atoms with E-state index in [4.69, 9.17) is 4.99 Å². The predicted octanol–water partition coefficient (Wildman–Crippen LogP) is 5.12. The summed E-state index contributed by atoms with van der Waals surface area (Å²) in [6.07, 6.45) is 1.70. The van der Waals surface area contributed by atoms with Gasteiger partial charge in [0.1, 0.15) is 12.2 Å². The smallest absolute Gasteiger partial charge is 0.244 e. The Morgan fingerprint density at radius 3 is 2.39 bits per heavy atom. The highest BCUT2D eigenvalue weighted by molar-refractivity contribution is 6.18. The second-order valence-corrected chi connectivity index (χ2v) is 8.68. The number of anilines is 2. The minimum Gasteiger partial charge on any atom is -0.324 e. The van der Waals surface area contributed by atoms with Gasteiger partial charge in [-0.2, -0.15) is 0 Å². The fraction of sp³-hybridized carbons (Fsp3) is 0.259. The Kier molecular flexibility index (Phi) is 6.09. The lowest BCUT2D eigenvalue weighted by Gasteiger charge is -2.21. The molecule has 0 saturated heterocycles. The lowest BCUT2D eigenvalue weighted by Crippen LogP contribution is -2.39. The van der Waals surface area contributed by atoms with Crippen molar-refractivity contribution in [1.82, 2.24) is 4.98 Å². The first-order chi connectivity index (χ1) is 15.7. The molecule has 3 aromatic rings. The third-order valence-electron chi connectivity index (χ3n) is 5.98. The van der Waals surface area contributed by atoms with Crippen LogP contribution < -0.4 is 10.2 Å². The molecule has 1 aliphatic rings. The standard InChI is InChI=1S/C27H28N4O2/c1-16-11-19(4)26(20(5)12-16)30-24(32)15-31-25(33)14-23(21-9-8-17(2)18(3)13-21)29-22-7-6-10-28-27(22)31/h6-13H,14-15H2,1-5H3,(H,30,32). The van der Waals surface area contributed by atoms with Crippen LogP contribution in [0.1, 0.15) is 39.8 Å². The molecule has 1 aromatic heterocycles. The zero-order valence-electron chi connectivity index (χ0n) is 19.7. The van der Waals surface area contributed by atoms with Crippen molar-refractivity contribution in [3.63, 3.8) is 0 Å². The van der Waals surface area contributed by atoms with Crippen LogP contribution in [0.15, 0.2) is 53.7 Å². The number of nitrogens with zero attached hydrogens (tertiary/aromatic N) is 3. The number of rotatable bonds is 4. The SMILES string of the molecule is Cc1cc(C)c(NC(=O)CN2C(=O)CC(c3ccc(C)c(C)c3)=Nc3cccnc32)c(C)c1. The van der Waals surface area contributed by atoms with Gasteiger partial charge < -0.3 is 5.32 Å². The van der Waals surface area contributed by atoms with E-state index >= 15 is 0 Å². The lowest BCUT2D eigenvalue weighted by molar-refractivity contribution is -0.120. The molecule has 33 heavy (non-hydrogen) atoms. The topological polar surface area (TPSA) is 74.7 Å². The van der Waals surface area contributed by atoms with Gasteiger partial charge in [0.15, 0.2) is 5.82 Å². The quantitative estimate of drug-likeness (QED) is 0.612. The molecule has 4 rings (SSSR count). The Morgan fingerprint density at radius 2 is 1.70 bits per heavy atom. The summed E-state index contributed by atoms with van der Waals surface area (Å²) < 4.78 is 0. The van der Waals surface area contributed by atoms with Gasteiger partial charge in [0.2, 0.25) is 11.8 Å². The van der Waals surface area contributed by atoms with Crippen molar-refractivity contribution in [2.24, 2.45) is 4.99 Å². The zero-order valence-corrected chi connectivity index (χ0v) is 19.7. The molecule has 0 saturated carbocycles. The van der Waals surface area contributed by atoms with E-state index in [-0.39, 0.29) is 24.8 Å². The van der Waals surface area contributed by atoms with E-state index in [1.807, 2.05) is 64.1 Å². The minimum atomic E-state index is -0.273. The summed E-state index contributed by atoms with van der Waals surface area (Å²) in [6, 6.07) is 13.7. The molecule has 0 aliphatic carbocycles. The third-order valence-corrected chi connectivity index (χ3v) is 5.98. The van der Waals surface area contributed by atoms with E-state index < -0.39 is 0 Å². The Balaban J connectivity index is 1.63. The number of carbonyl (C=O) groups is 2. The van der Waals surface area contributed by atoms with Crippen LogP contribution in [0.5, 0.6) is 0 Å². The second-order valence-electron chi connectivity index (χ2n) is 8.68. The molecule has 2 amide bonds. The number of pyridine rings is 1. The van der Waals surface area contributed by atoms with Crippen molar-refractivity contribution in [3.8, 4) is 0 Å². The second kappa shape index (κ2) is 8.98. The summed E-state index contributed by atoms with van der Waals surface area (Å²) in [6.45, 7) is 9.92. The van der Waals surface area contributed by atoms with Crippen molar-refractivity contribution in [3.05, 3.63) is 82.0 Å². The molecule has 6 nitrogen and oxygen atoms in total. The molecule has 0 unspecified atom stereocenters. The Labute approximate surface area is 194 Å². The molecule has 0 radical (unpaired) electrons. The van der Waals surface area contributed by atoms with Gasteiger partial charge in [0.05, 0.1) is 12.1 Å². The largest absolute Gasteiger partial charge is 0.324 e. The van der Waals surface area contributed by atoms with Crippen molar-refractivity contribution in [2.75, 3.05) is 16.8 Å². The highest BCUT2D eigenvalue weighted by atomic mass is 16.2. The first-order valence-corrected chi connectivity index (χ1v) is 11.0. The maximum Gasteiger partial charge on any atom is 0.244 e. The molecule has 0 fully saturated rings. The molecule has 1 aliphatic heterocycles. The van der Waals surface area contributed by atoms with Crippen LogP contribution in [0, 0.1) is 34.6 Å². The number of aryl methyl sites for hydroxylation is 5. The van der Waals surface area contributed by atoms with Gasteiger partial charge in [-0.1, -0.05) is 29.8 Å². The lowest BCUT2D eigenvalue weighted by atomic mass is 10.0. The fourth-order valence-corrected chi connectivity index (χ4v) is 4.18. The summed E-state index contributed by atoms with van der Waals surface area (Å²) in [5, 5.41) is 2.98. The van der Waals surface area contributed by atoms with Gasteiger partial charge in [-0.25, -0.2) is 9.98 Å². The van der Waals surface area contributed by atoms with Gasteiger partial charge in [0, 0.05) is 11.9 Å². The van der Waals surface area contributed by atoms with Gasteiger partial charge in [-0.3, -0.25) is 14.5 Å². The summed E-state index contributed by atoms with van der Waals surface area (Å²) in [5.74, 6) is -0.0876. The first kappa shape index (κ1) is 22.4. The maximum atomic E-state index is 13.3. The number of aliphatic imine (C=N–C) groups is 1. The number of benzene rings is 2. The normalized spacial score (nSPS) is 13.3. The zero-order chi connectivity index (χ0) is 23.7. The summed E-state index contributed by atoms with van der Waals surface area (Å²) in [7, 11) is 0. The van der Waals surface area contributed by atoms with Gasteiger partial charge in [0.25, 0.3) is 0 Å². The Hall–Kier alpha value is -3.80. The number of nitrogens with one attached hydrogen (secondary N) is 1. The average Bonchev–Trinajstić information content (AvgIpc) is 2.89. The van der Waals surface area contributed by atoms with Gasteiger partial charge >= 0.3 is 0 Å². The predicted molar refractivity (Wildman–Crippen MR) is 133 cm³/mol. The molecule has 2 heterocycles. The Bertz CT molecular complexity index is 1270. The van der Waals surface area contributed by atoms with E-state index in [1.165, 1.54) is 10.5 Å². The molecule has 2 aromatic carbocycles. The number of hydrogen-bond acceptors (Lipinski definition) is 4. The number of amides is 2. The molecule has 6 heteroatoms. The number of fused-ring (bicyclic) bond motifs is 1. The van der Waals surface area contributed by atoms with Crippen molar-refractivity contribution < 1.29 is 9.59 Å². The molecular formula is C27H28N4O2. The molecule has 0 bridgehead atoms. The number of carbonyl (C=O) groups excluding carboxylic acids is 2. The average molecular weight is 441 g/mol. The van der Waals surface area contributed by atoms with Crippen LogP contribution in [0.25, 0.3) is 0 Å². The third kappa shape index (κ3) is 4.70. The van der Waals surface area contributed by atoms with Gasteiger partial charge in [-0.05, 0) is 80.6 Å². The number of aromatic nitrogens is 1. The monoisotopic (exact) mass is 440 g/mol. The van der Waals surface area contributed by atoms with E-state index in [0.29, 0.717) is 17.2 Å². The van der Waals surface area contributed by atoms with E-state index in [0.717, 1.165) is 33.5 Å². The molecule has 0 spiro atoms. The molecule has 1 N–H and O–H groups in total. The summed E-state index contributed by atoms with van der Waals surface area (Å²) in [5.41, 5.74) is 8.36. The van der Waals surface area contributed by atoms with Crippen LogP contribution in [0.2, 0.25) is 0 Å². The summed E-state index contributed by atoms with van der Waals surface area (Å²) >= 11 is 0. The highest BCUT2D eigenvalue weighted by Crippen LogP contribution is 2.31. The van der Waals surface area contributed by atoms with Crippen LogP contribution in [-0.2, 0) is 9.59 Å². The first-order valence-electron chi connectivity index (χ1n) is 11.0. The van der Waals surface area contributed by atoms with Crippen molar-refractivity contribution >= 4 is 34.7 Å². The molecule has 168 valence electrons. The molecule has 0 atom stereocenters. The van der Waals surface area contributed by atoms with Gasteiger partial charge in [-0.15, -0.1) is 0 Å². The number of hydrogen-bond donors (Lipinski definition) is 1. The summed E-state index contributed by atoms with van der Waals surface area (Å²) in [4.78, 5) is 36.9. The highest BCUT2D eigenvalue weighted by Gasteiger charge is 2.28. The van der Waals surface area contributed by atoms with Crippen molar-refractivity contribution in [1.29, 1.82) is 0 Å². The van der Waals surface area contributed by atoms with E-state index in [9.17, 15) is 9.59 Å². The van der Waals surface area contributed by atoms with Crippen LogP contribution in [-0.4, -0.2) is 29.1 Å². The van der Waals surface area contributed by atoms with Crippen LogP contribution in [0.4, 0.5) is 17.2 Å². The van der Waals surface area contributed by atoms with Crippen LogP contribution in [0.3, 0.4) is 0 Å². The fourth-order valence-electron chi connectivity index (χ4n) is 4.18. The Morgan fingerprint density at radius 1 is 0.970 bits per heavy atom. The van der Waals surface area contributed by atoms with Crippen LogP contribution >= 0.6 is 0 Å². The van der Waals surface area contributed by atoms with E-state index in [1.54, 1.807) is 12.3 Å². The van der Waals surface area contributed by atoms with E-state index in [2.05, 4.69) is 17.2 Å². The van der Waals surface area contributed by atoms with Crippen molar-refractivity contribution in [2.45, 2.75) is 41.0 Å². The maximum absolute atomic E-state index is 13.3.